The van der Waals surface area contributed by atoms with Crippen molar-refractivity contribution in [2.75, 3.05) is 12.7 Å². The second kappa shape index (κ2) is 5.94. The molecule has 5 nitrogen and oxygen atoms in total. The van der Waals surface area contributed by atoms with Gasteiger partial charge in [-0.2, -0.15) is 0 Å². The number of rotatable bonds is 4. The van der Waals surface area contributed by atoms with E-state index in [1.165, 1.54) is 0 Å². The van der Waals surface area contributed by atoms with E-state index < -0.39 is 7.60 Å². The standard InChI is InChI=1S/C4H12NO4P.ClH/c1-4(2-5-6)3-10(7,8)9;/h4-6H,2-3H2,1H3,(H2,7,8,9);1H. The van der Waals surface area contributed by atoms with Crippen LogP contribution in [0.3, 0.4) is 0 Å². The molecule has 1 unspecified atom stereocenters. The average molecular weight is 206 g/mol. The molecule has 0 spiro atoms. The Labute approximate surface area is 71.3 Å². The van der Waals surface area contributed by atoms with Gasteiger partial charge in [0.2, 0.25) is 0 Å². The van der Waals surface area contributed by atoms with Gasteiger partial charge in [-0.15, -0.1) is 12.4 Å². The molecule has 1 atom stereocenters. The topological polar surface area (TPSA) is 89.8 Å². The average Bonchev–Trinajstić information content (AvgIpc) is 1.59. The third-order valence-corrected chi connectivity index (χ3v) is 2.09. The summed E-state index contributed by atoms with van der Waals surface area (Å²) in [4.78, 5) is 16.8. The molecule has 70 valence electrons. The van der Waals surface area contributed by atoms with Gasteiger partial charge in [0.15, 0.2) is 0 Å². The summed E-state index contributed by atoms with van der Waals surface area (Å²) in [6, 6.07) is 0. The van der Waals surface area contributed by atoms with Crippen LogP contribution in [0.4, 0.5) is 0 Å². The molecule has 4 N–H and O–H groups in total. The van der Waals surface area contributed by atoms with Gasteiger partial charge in [-0.3, -0.25) is 4.57 Å². The van der Waals surface area contributed by atoms with E-state index in [1.807, 2.05) is 5.48 Å². The van der Waals surface area contributed by atoms with Crippen LogP contribution < -0.4 is 5.48 Å². The van der Waals surface area contributed by atoms with Crippen LogP contribution in [-0.2, 0) is 4.57 Å². The van der Waals surface area contributed by atoms with Crippen molar-refractivity contribution >= 4 is 20.0 Å². The highest BCUT2D eigenvalue weighted by atomic mass is 35.5. The van der Waals surface area contributed by atoms with Crippen molar-refractivity contribution in [1.82, 2.24) is 5.48 Å². The van der Waals surface area contributed by atoms with Crippen molar-refractivity contribution in [3.8, 4) is 0 Å². The zero-order valence-electron chi connectivity index (χ0n) is 6.10. The van der Waals surface area contributed by atoms with Gasteiger partial charge in [0.05, 0.1) is 6.16 Å². The van der Waals surface area contributed by atoms with Gasteiger partial charge in [0, 0.05) is 6.54 Å². The molecule has 0 aliphatic carbocycles. The van der Waals surface area contributed by atoms with Crippen molar-refractivity contribution in [1.29, 1.82) is 0 Å². The lowest BCUT2D eigenvalue weighted by molar-refractivity contribution is 0.154. The maximum absolute atomic E-state index is 10.3. The predicted octanol–water partition coefficient (Wildman–Crippen LogP) is 0.201. The minimum absolute atomic E-state index is 0. The zero-order valence-corrected chi connectivity index (χ0v) is 7.81. The molecule has 0 aliphatic rings. The van der Waals surface area contributed by atoms with Crippen LogP contribution in [0.25, 0.3) is 0 Å². The molecule has 0 bridgehead atoms. The summed E-state index contributed by atoms with van der Waals surface area (Å²) < 4.78 is 10.3. The molecule has 0 aromatic carbocycles. The number of nitrogens with one attached hydrogen (secondary N) is 1. The summed E-state index contributed by atoms with van der Waals surface area (Å²) in [7, 11) is -3.90. The van der Waals surface area contributed by atoms with Crippen molar-refractivity contribution in [2.24, 2.45) is 5.92 Å². The summed E-state index contributed by atoms with van der Waals surface area (Å²) in [5.41, 5.74) is 1.85. The summed E-state index contributed by atoms with van der Waals surface area (Å²) in [6.07, 6.45) is -0.194. The van der Waals surface area contributed by atoms with Crippen molar-refractivity contribution in [3.05, 3.63) is 0 Å². The van der Waals surface area contributed by atoms with Crippen LogP contribution in [0.5, 0.6) is 0 Å². The third kappa shape index (κ3) is 10.4. The number of hydrogen-bond donors (Lipinski definition) is 4. The first-order chi connectivity index (χ1) is 4.45. The van der Waals surface area contributed by atoms with Crippen LogP contribution in [0, 0.1) is 5.92 Å². The Balaban J connectivity index is 0. The first kappa shape index (κ1) is 13.9. The van der Waals surface area contributed by atoms with Gasteiger partial charge < -0.3 is 15.0 Å². The monoisotopic (exact) mass is 205 g/mol. The lowest BCUT2D eigenvalue weighted by Gasteiger charge is -2.09. The van der Waals surface area contributed by atoms with Crippen molar-refractivity contribution in [2.45, 2.75) is 6.92 Å². The van der Waals surface area contributed by atoms with E-state index in [2.05, 4.69) is 0 Å². The van der Waals surface area contributed by atoms with Gasteiger partial charge in [-0.25, -0.2) is 5.48 Å². The van der Waals surface area contributed by atoms with E-state index in [4.69, 9.17) is 15.0 Å². The molecule has 0 heterocycles. The number of hydroxylamine groups is 1. The molecule has 0 saturated heterocycles. The SMILES string of the molecule is CC(CNO)CP(=O)(O)O.Cl. The molecule has 0 amide bonds. The molecular formula is C4H13ClNO4P. The Morgan fingerprint density at radius 1 is 1.55 bits per heavy atom. The molecular weight excluding hydrogens is 192 g/mol. The fourth-order valence-electron chi connectivity index (χ4n) is 0.626. The van der Waals surface area contributed by atoms with Gasteiger partial charge in [-0.1, -0.05) is 6.92 Å². The lowest BCUT2D eigenvalue weighted by atomic mass is 10.2. The Bertz CT molecular complexity index is 138. The minimum Gasteiger partial charge on any atom is -0.324 e. The summed E-state index contributed by atoms with van der Waals surface area (Å²) in [6.45, 7) is 1.84. The molecule has 0 rings (SSSR count). The molecule has 0 aliphatic heterocycles. The highest BCUT2D eigenvalue weighted by Gasteiger charge is 2.17. The maximum atomic E-state index is 10.3. The van der Waals surface area contributed by atoms with Crippen LogP contribution in [-0.4, -0.2) is 27.7 Å². The Morgan fingerprint density at radius 2 is 2.00 bits per heavy atom. The zero-order chi connectivity index (χ0) is 8.20. The molecule has 0 aromatic heterocycles. The van der Waals surface area contributed by atoms with E-state index in [0.717, 1.165) is 0 Å². The number of hydrogen-bond acceptors (Lipinski definition) is 3. The quantitative estimate of drug-likeness (QED) is 0.389. The van der Waals surface area contributed by atoms with Gasteiger partial charge in [-0.05, 0) is 5.92 Å². The van der Waals surface area contributed by atoms with E-state index in [0.29, 0.717) is 0 Å². The van der Waals surface area contributed by atoms with Gasteiger partial charge in [0.1, 0.15) is 0 Å². The third-order valence-electron chi connectivity index (χ3n) is 0.989. The molecule has 7 heteroatoms. The first-order valence-electron chi connectivity index (χ1n) is 2.87. The molecule has 0 saturated carbocycles. The van der Waals surface area contributed by atoms with Gasteiger partial charge in [0.25, 0.3) is 0 Å². The normalized spacial score (nSPS) is 13.8. The van der Waals surface area contributed by atoms with E-state index in [9.17, 15) is 4.57 Å². The molecule has 11 heavy (non-hydrogen) atoms. The van der Waals surface area contributed by atoms with Crippen LogP contribution in [0.15, 0.2) is 0 Å². The fraction of sp³-hybridized carbons (Fsp3) is 1.00. The second-order valence-corrected chi connectivity index (χ2v) is 4.01. The van der Waals surface area contributed by atoms with Crippen molar-refractivity contribution < 1.29 is 19.6 Å². The minimum atomic E-state index is -3.90. The first-order valence-corrected chi connectivity index (χ1v) is 4.67. The maximum Gasteiger partial charge on any atom is 0.325 e. The Morgan fingerprint density at radius 3 is 2.27 bits per heavy atom. The lowest BCUT2D eigenvalue weighted by Crippen LogP contribution is -2.19. The number of halogens is 1. The molecule has 0 aromatic rings. The second-order valence-electron chi connectivity index (χ2n) is 2.31. The summed E-state index contributed by atoms with van der Waals surface area (Å²) >= 11 is 0. The smallest absolute Gasteiger partial charge is 0.324 e. The highest BCUT2D eigenvalue weighted by Crippen LogP contribution is 2.36. The van der Waals surface area contributed by atoms with E-state index in [1.54, 1.807) is 6.92 Å². The molecule has 0 fully saturated rings. The fourth-order valence-corrected chi connectivity index (χ4v) is 1.57. The Kier molecular flexibility index (Phi) is 7.52. The van der Waals surface area contributed by atoms with Crippen molar-refractivity contribution in [3.63, 3.8) is 0 Å². The molecule has 0 radical (unpaired) electrons. The van der Waals surface area contributed by atoms with E-state index >= 15 is 0 Å². The summed E-state index contributed by atoms with van der Waals surface area (Å²) in [5.74, 6) is -0.217. The van der Waals surface area contributed by atoms with Crippen LogP contribution in [0.1, 0.15) is 6.92 Å². The highest BCUT2D eigenvalue weighted by molar-refractivity contribution is 7.51. The predicted molar refractivity (Wildman–Crippen MR) is 43.1 cm³/mol. The largest absolute Gasteiger partial charge is 0.325 e. The van der Waals surface area contributed by atoms with E-state index in [-0.39, 0.29) is 31.0 Å². The van der Waals surface area contributed by atoms with Gasteiger partial charge >= 0.3 is 7.60 Å². The Hall–Kier alpha value is 0.360. The van der Waals surface area contributed by atoms with Crippen LogP contribution in [0.2, 0.25) is 0 Å². The van der Waals surface area contributed by atoms with Crippen LogP contribution >= 0.6 is 20.0 Å². The summed E-state index contributed by atoms with van der Waals surface area (Å²) in [5, 5.41) is 8.13.